The van der Waals surface area contributed by atoms with Crippen LogP contribution in [0.25, 0.3) is 0 Å². The van der Waals surface area contributed by atoms with Crippen molar-refractivity contribution in [3.63, 3.8) is 0 Å². The Bertz CT molecular complexity index is 839. The highest BCUT2D eigenvalue weighted by atomic mass is 127. The predicted molar refractivity (Wildman–Crippen MR) is 133 cm³/mol. The van der Waals surface area contributed by atoms with Crippen LogP contribution in [0.3, 0.4) is 0 Å². The van der Waals surface area contributed by atoms with Gasteiger partial charge in [0.1, 0.15) is 5.75 Å². The van der Waals surface area contributed by atoms with Crippen LogP contribution in [-0.2, 0) is 10.0 Å². The van der Waals surface area contributed by atoms with E-state index in [0.29, 0.717) is 37.0 Å². The van der Waals surface area contributed by atoms with Crippen LogP contribution in [0.1, 0.15) is 19.8 Å². The largest absolute Gasteiger partial charge is 0.495 e. The van der Waals surface area contributed by atoms with E-state index in [1.165, 1.54) is 4.31 Å². The first kappa shape index (κ1) is 25.3. The van der Waals surface area contributed by atoms with Crippen LogP contribution in [0.5, 0.6) is 5.75 Å². The highest BCUT2D eigenvalue weighted by Gasteiger charge is 2.28. The number of rotatable bonds is 7. The number of halogens is 2. The monoisotopic (exact) mass is 571 g/mol. The van der Waals surface area contributed by atoms with Crippen molar-refractivity contribution in [1.82, 2.24) is 14.9 Å². The molecule has 1 atom stereocenters. The fourth-order valence-corrected chi connectivity index (χ4v) is 5.42. The maximum absolute atomic E-state index is 11.9. The Labute approximate surface area is 201 Å². The van der Waals surface area contributed by atoms with Gasteiger partial charge in [-0.15, -0.1) is 24.0 Å². The molecule has 0 amide bonds. The molecule has 2 fully saturated rings. The van der Waals surface area contributed by atoms with Gasteiger partial charge >= 0.3 is 0 Å². The number of hydrogen-bond donors (Lipinski definition) is 2. The molecule has 0 radical (unpaired) electrons. The molecular weight excluding hydrogens is 541 g/mol. The number of benzene rings is 1. The second kappa shape index (κ2) is 11.6. The van der Waals surface area contributed by atoms with Gasteiger partial charge in [0.2, 0.25) is 10.0 Å². The fourth-order valence-electron chi connectivity index (χ4n) is 3.74. The molecular formula is C19H31ClIN5O3S. The van der Waals surface area contributed by atoms with Crippen molar-refractivity contribution >= 4 is 57.2 Å². The Morgan fingerprint density at radius 1 is 1.37 bits per heavy atom. The van der Waals surface area contributed by atoms with Crippen LogP contribution in [0.2, 0.25) is 5.02 Å². The summed E-state index contributed by atoms with van der Waals surface area (Å²) in [4.78, 5) is 6.83. The Balaban J connectivity index is 0.00000320. The van der Waals surface area contributed by atoms with Crippen molar-refractivity contribution < 1.29 is 13.2 Å². The maximum Gasteiger partial charge on any atom is 0.214 e. The lowest BCUT2D eigenvalue weighted by Gasteiger charge is -2.22. The van der Waals surface area contributed by atoms with Crippen molar-refractivity contribution in [1.29, 1.82) is 0 Å². The second-order valence-corrected chi connectivity index (χ2v) is 9.75. The second-order valence-electron chi connectivity index (χ2n) is 7.22. The van der Waals surface area contributed by atoms with Gasteiger partial charge in [-0.3, -0.25) is 4.99 Å². The number of nitrogens with one attached hydrogen (secondary N) is 2. The molecule has 0 spiro atoms. The molecule has 0 saturated carbocycles. The quantitative estimate of drug-likeness (QED) is 0.296. The van der Waals surface area contributed by atoms with Crippen molar-refractivity contribution in [3.8, 4) is 5.75 Å². The van der Waals surface area contributed by atoms with Crippen molar-refractivity contribution in [2.45, 2.75) is 25.8 Å². The molecule has 2 saturated heterocycles. The number of hydrogen-bond acceptors (Lipinski definition) is 5. The minimum Gasteiger partial charge on any atom is -0.495 e. The Hall–Kier alpha value is -0.980. The van der Waals surface area contributed by atoms with Gasteiger partial charge in [-0.2, -0.15) is 0 Å². The first-order valence-corrected chi connectivity index (χ1v) is 12.0. The van der Waals surface area contributed by atoms with Gasteiger partial charge < -0.3 is 20.3 Å². The lowest BCUT2D eigenvalue weighted by atomic mass is 10.2. The third-order valence-corrected chi connectivity index (χ3v) is 7.37. The first-order valence-electron chi connectivity index (χ1n) is 10.0. The van der Waals surface area contributed by atoms with Crippen LogP contribution in [0.15, 0.2) is 23.2 Å². The summed E-state index contributed by atoms with van der Waals surface area (Å²) in [5.41, 5.74) is 0.991. The van der Waals surface area contributed by atoms with Crippen LogP contribution in [0, 0.1) is 0 Å². The number of guanidine groups is 1. The van der Waals surface area contributed by atoms with Gasteiger partial charge in [-0.25, -0.2) is 12.7 Å². The number of nitrogens with zero attached hydrogens (tertiary/aromatic N) is 3. The third kappa shape index (κ3) is 6.51. The SMILES string of the molecule is CCNC(=NCCN1CCCS1(=O)=O)NC1CCN(c2cc(Cl)ccc2OC)C1.I. The van der Waals surface area contributed by atoms with Crippen molar-refractivity contribution in [2.75, 3.05) is 57.0 Å². The summed E-state index contributed by atoms with van der Waals surface area (Å²) >= 11 is 6.17. The summed E-state index contributed by atoms with van der Waals surface area (Å²) in [5.74, 6) is 1.77. The molecule has 0 aromatic heterocycles. The molecule has 0 bridgehead atoms. The molecule has 30 heavy (non-hydrogen) atoms. The Morgan fingerprint density at radius 3 is 2.83 bits per heavy atom. The standard InChI is InChI=1S/C19H30ClN5O3S.HI/c1-3-21-19(22-8-11-25-9-4-12-29(25,26)27)23-16-7-10-24(14-16)17-13-15(20)5-6-18(17)28-2;/h5-6,13,16H,3-4,7-12,14H2,1-2H3,(H2,21,22,23);1H. The Morgan fingerprint density at radius 2 is 2.17 bits per heavy atom. The number of methoxy groups -OCH3 is 1. The number of sulfonamides is 1. The average molecular weight is 572 g/mol. The van der Waals surface area contributed by atoms with E-state index in [2.05, 4.69) is 20.5 Å². The lowest BCUT2D eigenvalue weighted by Crippen LogP contribution is -2.45. The molecule has 3 rings (SSSR count). The van der Waals surface area contributed by atoms with E-state index in [0.717, 1.165) is 37.5 Å². The number of anilines is 1. The topological polar surface area (TPSA) is 86.3 Å². The highest BCUT2D eigenvalue weighted by Crippen LogP contribution is 2.33. The van der Waals surface area contributed by atoms with Gasteiger partial charge in [-0.05, 0) is 38.0 Å². The van der Waals surface area contributed by atoms with E-state index in [-0.39, 0.29) is 35.8 Å². The lowest BCUT2D eigenvalue weighted by molar-refractivity contribution is 0.415. The van der Waals surface area contributed by atoms with Gasteiger partial charge in [0.25, 0.3) is 0 Å². The van der Waals surface area contributed by atoms with E-state index in [9.17, 15) is 8.42 Å². The normalized spacial score (nSPS) is 21.4. The molecule has 2 aliphatic heterocycles. The van der Waals surface area contributed by atoms with Crippen molar-refractivity contribution in [3.05, 3.63) is 23.2 Å². The zero-order valence-corrected chi connectivity index (χ0v) is 21.3. The minimum atomic E-state index is -3.07. The van der Waals surface area contributed by atoms with Gasteiger partial charge in [0.05, 0.1) is 25.1 Å². The molecule has 2 aliphatic rings. The summed E-state index contributed by atoms with van der Waals surface area (Å²) in [6, 6.07) is 5.87. The van der Waals surface area contributed by atoms with E-state index in [1.807, 2.05) is 25.1 Å². The highest BCUT2D eigenvalue weighted by molar-refractivity contribution is 14.0. The van der Waals surface area contributed by atoms with Crippen LogP contribution in [-0.4, -0.2) is 76.9 Å². The van der Waals surface area contributed by atoms with Crippen molar-refractivity contribution in [2.24, 2.45) is 4.99 Å². The molecule has 1 unspecified atom stereocenters. The summed E-state index contributed by atoms with van der Waals surface area (Å²) in [6.45, 7) is 5.91. The number of aliphatic imine (C=N–C) groups is 1. The van der Waals surface area contributed by atoms with Crippen LogP contribution >= 0.6 is 35.6 Å². The summed E-state index contributed by atoms with van der Waals surface area (Å²) in [7, 11) is -1.41. The van der Waals surface area contributed by atoms with E-state index in [4.69, 9.17) is 16.3 Å². The fraction of sp³-hybridized carbons (Fsp3) is 0.632. The summed E-state index contributed by atoms with van der Waals surface area (Å²) in [5, 5.41) is 7.40. The van der Waals surface area contributed by atoms with E-state index < -0.39 is 10.0 Å². The zero-order valence-electron chi connectivity index (χ0n) is 17.4. The molecule has 8 nitrogen and oxygen atoms in total. The molecule has 1 aromatic carbocycles. The molecule has 11 heteroatoms. The van der Waals surface area contributed by atoms with Crippen LogP contribution < -0.4 is 20.3 Å². The Kier molecular flexibility index (Phi) is 9.76. The maximum atomic E-state index is 11.9. The molecule has 1 aromatic rings. The smallest absolute Gasteiger partial charge is 0.214 e. The third-order valence-electron chi connectivity index (χ3n) is 5.18. The molecule has 0 aliphatic carbocycles. The molecule has 170 valence electrons. The summed E-state index contributed by atoms with van der Waals surface area (Å²) in [6.07, 6.45) is 1.66. The first-order chi connectivity index (χ1) is 13.9. The predicted octanol–water partition coefficient (Wildman–Crippen LogP) is 2.14. The van der Waals surface area contributed by atoms with Gasteiger partial charge in [-0.1, -0.05) is 11.6 Å². The molecule has 2 N–H and O–H groups in total. The average Bonchev–Trinajstić information content (AvgIpc) is 3.28. The van der Waals surface area contributed by atoms with Gasteiger partial charge in [0, 0.05) is 43.8 Å². The zero-order chi connectivity index (χ0) is 20.9. The van der Waals surface area contributed by atoms with E-state index >= 15 is 0 Å². The van der Waals surface area contributed by atoms with E-state index in [1.54, 1.807) is 7.11 Å². The minimum absolute atomic E-state index is 0. The summed E-state index contributed by atoms with van der Waals surface area (Å²) < 4.78 is 30.8. The molecule has 2 heterocycles. The number of ether oxygens (including phenoxy) is 1. The van der Waals surface area contributed by atoms with Crippen LogP contribution in [0.4, 0.5) is 5.69 Å². The van der Waals surface area contributed by atoms with Gasteiger partial charge in [0.15, 0.2) is 5.96 Å².